The first-order valence-corrected chi connectivity index (χ1v) is 6.58. The Balaban J connectivity index is 2.65. The topological polar surface area (TPSA) is 140 Å². The van der Waals surface area contributed by atoms with E-state index in [1.54, 1.807) is 0 Å². The van der Waals surface area contributed by atoms with E-state index in [1.165, 1.54) is 19.2 Å². The van der Waals surface area contributed by atoms with Crippen molar-refractivity contribution in [1.82, 2.24) is 10.6 Å². The molecule has 0 aliphatic carbocycles. The van der Waals surface area contributed by atoms with Gasteiger partial charge in [-0.3, -0.25) is 24.5 Å². The number of nitro groups is 1. The maximum atomic E-state index is 11.8. The molecule has 10 heteroatoms. The number of carbonyl (C=O) groups excluding carboxylic acids is 3. The second kappa shape index (κ2) is 8.97. The van der Waals surface area contributed by atoms with Gasteiger partial charge in [-0.1, -0.05) is 0 Å². The van der Waals surface area contributed by atoms with Gasteiger partial charge in [0.25, 0.3) is 5.69 Å². The summed E-state index contributed by atoms with van der Waals surface area (Å²) in [5.41, 5.74) is -0.231. The monoisotopic (exact) mass is 324 g/mol. The van der Waals surface area contributed by atoms with Crippen LogP contribution in [0.3, 0.4) is 0 Å². The van der Waals surface area contributed by atoms with Crippen LogP contribution < -0.4 is 20.7 Å². The summed E-state index contributed by atoms with van der Waals surface area (Å²) >= 11 is 0. The van der Waals surface area contributed by atoms with Crippen molar-refractivity contribution in [3.63, 3.8) is 0 Å². The van der Waals surface area contributed by atoms with Gasteiger partial charge >= 0.3 is 11.8 Å². The van der Waals surface area contributed by atoms with Crippen LogP contribution in [0.4, 0.5) is 11.4 Å². The minimum atomic E-state index is -0.979. The molecule has 0 heterocycles. The lowest BCUT2D eigenvalue weighted by Gasteiger charge is -2.10. The average molecular weight is 324 g/mol. The summed E-state index contributed by atoms with van der Waals surface area (Å²) in [6, 6.07) is 3.63. The molecule has 0 fully saturated rings. The Morgan fingerprint density at radius 1 is 1.30 bits per heavy atom. The maximum Gasteiger partial charge on any atom is 0.313 e. The summed E-state index contributed by atoms with van der Waals surface area (Å²) in [6.07, 6.45) is 0.987. The van der Waals surface area contributed by atoms with Crippen LogP contribution in [0.25, 0.3) is 0 Å². The molecule has 0 aliphatic heterocycles. The Morgan fingerprint density at radius 3 is 2.65 bits per heavy atom. The van der Waals surface area contributed by atoms with Gasteiger partial charge in [-0.2, -0.15) is 0 Å². The molecular formula is C13H16N4O6. The van der Waals surface area contributed by atoms with Gasteiger partial charge in [0.1, 0.15) is 5.75 Å². The molecule has 3 amide bonds. The van der Waals surface area contributed by atoms with Gasteiger partial charge in [-0.05, 0) is 12.5 Å². The van der Waals surface area contributed by atoms with E-state index in [0.717, 1.165) is 6.07 Å². The van der Waals surface area contributed by atoms with E-state index in [0.29, 0.717) is 19.4 Å². The number of hydrogen-bond acceptors (Lipinski definition) is 6. The molecule has 10 nitrogen and oxygen atoms in total. The van der Waals surface area contributed by atoms with Crippen LogP contribution >= 0.6 is 0 Å². The van der Waals surface area contributed by atoms with E-state index in [4.69, 9.17) is 4.74 Å². The van der Waals surface area contributed by atoms with E-state index in [2.05, 4.69) is 16.0 Å². The summed E-state index contributed by atoms with van der Waals surface area (Å²) in [6.45, 7) is 0.559. The van der Waals surface area contributed by atoms with Crippen molar-refractivity contribution < 1.29 is 24.0 Å². The highest BCUT2D eigenvalue weighted by molar-refractivity contribution is 6.39. The number of benzene rings is 1. The quantitative estimate of drug-likeness (QED) is 0.199. The molecule has 0 unspecified atom stereocenters. The van der Waals surface area contributed by atoms with E-state index in [1.807, 2.05) is 0 Å². The molecule has 1 aromatic carbocycles. The molecular weight excluding hydrogens is 308 g/mol. The van der Waals surface area contributed by atoms with Crippen LogP contribution in [0, 0.1) is 10.1 Å². The van der Waals surface area contributed by atoms with Crippen LogP contribution in [-0.2, 0) is 14.4 Å². The lowest BCUT2D eigenvalue weighted by Crippen LogP contribution is -2.36. The Labute approximate surface area is 131 Å². The number of nitrogens with one attached hydrogen (secondary N) is 3. The third-order valence-electron chi connectivity index (χ3n) is 2.72. The Morgan fingerprint density at radius 2 is 2.04 bits per heavy atom. The van der Waals surface area contributed by atoms with E-state index < -0.39 is 16.7 Å². The zero-order chi connectivity index (χ0) is 17.2. The maximum absolute atomic E-state index is 11.8. The minimum absolute atomic E-state index is 0.0180. The van der Waals surface area contributed by atoms with Gasteiger partial charge in [-0.25, -0.2) is 0 Å². The molecule has 0 spiro atoms. The summed E-state index contributed by atoms with van der Waals surface area (Å²) in [5.74, 6) is -1.69. The van der Waals surface area contributed by atoms with E-state index >= 15 is 0 Å². The third kappa shape index (κ3) is 5.61. The molecule has 0 atom stereocenters. The Hall–Kier alpha value is -3.17. The highest BCUT2D eigenvalue weighted by atomic mass is 16.6. The first-order valence-electron chi connectivity index (χ1n) is 6.58. The van der Waals surface area contributed by atoms with Gasteiger partial charge in [0.2, 0.25) is 6.41 Å². The SMILES string of the molecule is COc1ccc([N+](=O)[O-])cc1NC(=O)C(=O)NCCCNC=O. The second-order valence-corrected chi connectivity index (χ2v) is 4.28. The molecule has 124 valence electrons. The number of rotatable bonds is 8. The molecule has 3 N–H and O–H groups in total. The largest absolute Gasteiger partial charge is 0.495 e. The predicted octanol–water partition coefficient (Wildman–Crippen LogP) is -0.206. The number of anilines is 1. The number of ether oxygens (including phenoxy) is 1. The summed E-state index contributed by atoms with van der Waals surface area (Å²) in [5, 5.41) is 17.8. The normalized spacial score (nSPS) is 9.61. The third-order valence-corrected chi connectivity index (χ3v) is 2.72. The number of non-ortho nitro benzene ring substituents is 1. The number of amides is 3. The molecule has 0 aromatic heterocycles. The van der Waals surface area contributed by atoms with Gasteiger partial charge < -0.3 is 20.7 Å². The number of nitrogens with zero attached hydrogens (tertiary/aromatic N) is 1. The van der Waals surface area contributed by atoms with Crippen molar-refractivity contribution in [2.24, 2.45) is 0 Å². The molecule has 23 heavy (non-hydrogen) atoms. The van der Waals surface area contributed by atoms with Crippen molar-refractivity contribution in [3.05, 3.63) is 28.3 Å². The van der Waals surface area contributed by atoms with Crippen molar-refractivity contribution in [2.75, 3.05) is 25.5 Å². The smallest absolute Gasteiger partial charge is 0.313 e. The van der Waals surface area contributed by atoms with Crippen LogP contribution in [0.15, 0.2) is 18.2 Å². The van der Waals surface area contributed by atoms with Gasteiger partial charge in [0.05, 0.1) is 17.7 Å². The molecule has 0 radical (unpaired) electrons. The zero-order valence-electron chi connectivity index (χ0n) is 12.3. The molecule has 0 bridgehead atoms. The second-order valence-electron chi connectivity index (χ2n) is 4.28. The first-order chi connectivity index (χ1) is 11.0. The standard InChI is InChI=1S/C13H16N4O6/c1-23-11-4-3-9(17(21)22)7-10(11)16-13(20)12(19)15-6-2-5-14-8-18/h3-4,7-8H,2,5-6H2,1H3,(H,14,18)(H,15,19)(H,16,20). The molecule has 1 rings (SSSR count). The van der Waals surface area contributed by atoms with E-state index in [9.17, 15) is 24.5 Å². The number of nitro benzene ring substituents is 1. The van der Waals surface area contributed by atoms with Crippen molar-refractivity contribution >= 4 is 29.6 Å². The molecule has 0 saturated heterocycles. The van der Waals surface area contributed by atoms with Crippen molar-refractivity contribution in [3.8, 4) is 5.75 Å². The fraction of sp³-hybridized carbons (Fsp3) is 0.308. The summed E-state index contributed by atoms with van der Waals surface area (Å²) in [4.78, 5) is 43.5. The van der Waals surface area contributed by atoms with E-state index in [-0.39, 0.29) is 23.7 Å². The minimum Gasteiger partial charge on any atom is -0.495 e. The van der Waals surface area contributed by atoms with Crippen molar-refractivity contribution in [2.45, 2.75) is 6.42 Å². The molecule has 1 aromatic rings. The Kier molecular flexibility index (Phi) is 6.98. The fourth-order valence-electron chi connectivity index (χ4n) is 1.62. The lowest BCUT2D eigenvalue weighted by atomic mass is 10.2. The average Bonchev–Trinajstić information content (AvgIpc) is 2.54. The molecule has 0 saturated carbocycles. The Bertz CT molecular complexity index is 604. The number of carbonyl (C=O) groups is 3. The first kappa shape index (κ1) is 17.9. The lowest BCUT2D eigenvalue weighted by molar-refractivity contribution is -0.384. The molecule has 0 aliphatic rings. The predicted molar refractivity (Wildman–Crippen MR) is 80.0 cm³/mol. The van der Waals surface area contributed by atoms with Gasteiger partial charge in [0, 0.05) is 25.2 Å². The fourth-order valence-corrected chi connectivity index (χ4v) is 1.62. The highest BCUT2D eigenvalue weighted by Gasteiger charge is 2.18. The number of methoxy groups -OCH3 is 1. The van der Waals surface area contributed by atoms with Gasteiger partial charge in [0.15, 0.2) is 0 Å². The number of hydrogen-bond donors (Lipinski definition) is 3. The van der Waals surface area contributed by atoms with Crippen LogP contribution in [0.2, 0.25) is 0 Å². The summed E-state index contributed by atoms with van der Waals surface area (Å²) < 4.78 is 4.98. The van der Waals surface area contributed by atoms with Crippen LogP contribution in [0.1, 0.15) is 6.42 Å². The summed E-state index contributed by atoms with van der Waals surface area (Å²) in [7, 11) is 1.33. The van der Waals surface area contributed by atoms with Gasteiger partial charge in [-0.15, -0.1) is 0 Å². The highest BCUT2D eigenvalue weighted by Crippen LogP contribution is 2.28. The van der Waals surface area contributed by atoms with Crippen LogP contribution in [-0.4, -0.2) is 43.3 Å². The van der Waals surface area contributed by atoms with Crippen molar-refractivity contribution in [1.29, 1.82) is 0 Å². The zero-order valence-corrected chi connectivity index (χ0v) is 12.3. The van der Waals surface area contributed by atoms with Crippen LogP contribution in [0.5, 0.6) is 5.75 Å².